The molecule has 10 aromatic carbocycles. The van der Waals surface area contributed by atoms with Crippen LogP contribution in [0.2, 0.25) is 0 Å². The van der Waals surface area contributed by atoms with E-state index in [1.165, 1.54) is 43.5 Å². The molecular formula is C123H158N10O15. The van der Waals surface area contributed by atoms with Crippen molar-refractivity contribution in [3.63, 3.8) is 0 Å². The van der Waals surface area contributed by atoms with E-state index < -0.39 is 5.76 Å². The number of H-pyrrole nitrogens is 1. The normalized spacial score (nSPS) is 14.7. The zero-order valence-corrected chi connectivity index (χ0v) is 94.0. The van der Waals surface area contributed by atoms with E-state index in [4.69, 9.17) is 46.7 Å². The molecule has 25 nitrogen and oxygen atoms in total. The number of aromatic amines is 1. The summed E-state index contributed by atoms with van der Waals surface area (Å²) in [6, 6.07) is 60.6. The maximum absolute atomic E-state index is 11.5. The smallest absolute Gasteiger partial charge is 0.419 e. The lowest BCUT2D eigenvalue weighted by molar-refractivity contribution is -0.121. The number of fused-ring (bicyclic) bond motifs is 10. The molecule has 0 saturated carbocycles. The minimum absolute atomic E-state index is 0.00133. The number of nitrogens with zero attached hydrogens (tertiary/aromatic N) is 5. The number of ether oxygens (including phenoxy) is 8. The molecule has 2 aromatic heterocycles. The van der Waals surface area contributed by atoms with Crippen LogP contribution in [0.5, 0.6) is 46.0 Å². The second-order valence-electron chi connectivity index (χ2n) is 48.2. The van der Waals surface area contributed by atoms with E-state index in [0.717, 1.165) is 132 Å². The van der Waals surface area contributed by atoms with Gasteiger partial charge in [-0.2, -0.15) is 0 Å². The number of para-hydroxylation sites is 6. The summed E-state index contributed by atoms with van der Waals surface area (Å²) in [5.74, 6) is 8.80. The van der Waals surface area contributed by atoms with Crippen LogP contribution >= 0.6 is 0 Å². The largest absolute Gasteiger partial charge is 0.489 e. The number of oxazole rings is 2. The maximum atomic E-state index is 11.5. The topological polar surface area (TPSA) is 267 Å². The molecule has 20 rings (SSSR count). The molecule has 3 amide bonds. The highest BCUT2D eigenvalue weighted by Gasteiger charge is 2.35. The minimum atomic E-state index is -0.392. The summed E-state index contributed by atoms with van der Waals surface area (Å²) in [7, 11) is 9.07. The van der Waals surface area contributed by atoms with Gasteiger partial charge in [-0.1, -0.05) is 305 Å². The lowest BCUT2D eigenvalue weighted by Crippen LogP contribution is -2.36. The Morgan fingerprint density at radius 2 is 0.730 bits per heavy atom. The zero-order chi connectivity index (χ0) is 110. The third-order valence-corrected chi connectivity index (χ3v) is 25.9. The number of carbonyl (C=O) groups excluding carboxylic acids is 3. The van der Waals surface area contributed by atoms with Gasteiger partial charge in [0.15, 0.2) is 77.5 Å². The van der Waals surface area contributed by atoms with Crippen molar-refractivity contribution < 1.29 is 61.1 Å². The quantitative estimate of drug-likeness (QED) is 0.0944. The van der Waals surface area contributed by atoms with Crippen molar-refractivity contribution in [3.8, 4) is 46.0 Å². The first-order valence-corrected chi connectivity index (χ1v) is 50.4. The van der Waals surface area contributed by atoms with Gasteiger partial charge in [0, 0.05) is 64.0 Å². The number of aryl methyl sites for hydroxylation is 1. The molecule has 8 aliphatic rings. The Labute approximate surface area is 876 Å². The molecule has 5 N–H and O–H groups in total. The first-order chi connectivity index (χ1) is 68.5. The van der Waals surface area contributed by atoms with Crippen molar-refractivity contribution in [2.45, 2.75) is 262 Å². The molecule has 790 valence electrons. The zero-order valence-electron chi connectivity index (χ0n) is 94.0. The predicted octanol–water partition coefficient (Wildman–Crippen LogP) is 27.7. The van der Waals surface area contributed by atoms with Crippen LogP contribution in [0.4, 0.5) is 45.5 Å². The number of aromatic nitrogens is 2. The fourth-order valence-electron chi connectivity index (χ4n) is 17.0. The van der Waals surface area contributed by atoms with E-state index >= 15 is 0 Å². The molecule has 0 radical (unpaired) electrons. The van der Waals surface area contributed by atoms with Crippen LogP contribution in [0.3, 0.4) is 0 Å². The molecule has 0 bridgehead atoms. The molecule has 12 aromatic rings. The van der Waals surface area contributed by atoms with Gasteiger partial charge in [0.05, 0.1) is 56.5 Å². The minimum Gasteiger partial charge on any atom is -0.489 e. The number of benzene rings is 10. The second-order valence-corrected chi connectivity index (χ2v) is 48.2. The number of carbonyl (C=O) groups is 3. The third kappa shape index (κ3) is 27.9. The summed E-state index contributed by atoms with van der Waals surface area (Å²) < 4.78 is 55.9. The van der Waals surface area contributed by atoms with Crippen molar-refractivity contribution in [3.05, 3.63) is 309 Å². The molecule has 148 heavy (non-hydrogen) atoms. The fraction of sp³-hybridized carbons (Fsp3) is 0.407. The third-order valence-electron chi connectivity index (χ3n) is 25.9. The summed E-state index contributed by atoms with van der Waals surface area (Å²) in [5, 5.41) is 12.7. The Hall–Kier alpha value is -14.5. The molecule has 0 aliphatic carbocycles. The molecule has 0 saturated heterocycles. The van der Waals surface area contributed by atoms with Gasteiger partial charge in [-0.25, -0.2) is 9.59 Å². The molecule has 10 heterocycles. The van der Waals surface area contributed by atoms with E-state index in [0.29, 0.717) is 34.7 Å². The van der Waals surface area contributed by atoms with Gasteiger partial charge in [0.25, 0.3) is 17.7 Å². The second kappa shape index (κ2) is 44.3. The van der Waals surface area contributed by atoms with Crippen molar-refractivity contribution in [1.29, 1.82) is 0 Å². The summed E-state index contributed by atoms with van der Waals surface area (Å²) in [6.45, 7) is 82.1. The molecule has 0 unspecified atom stereocenters. The van der Waals surface area contributed by atoms with Crippen LogP contribution in [-0.2, 0) is 75.6 Å². The average molecular weight is 2020 g/mol. The Balaban J connectivity index is 0.000000156. The Bertz CT molecular complexity index is 6960. The van der Waals surface area contributed by atoms with Crippen LogP contribution < -0.4 is 90.3 Å². The summed E-state index contributed by atoms with van der Waals surface area (Å²) in [6.07, 6.45) is 0. The van der Waals surface area contributed by atoms with Gasteiger partial charge in [-0.15, -0.1) is 0 Å². The van der Waals surface area contributed by atoms with Gasteiger partial charge in [0.2, 0.25) is 0 Å². The van der Waals surface area contributed by atoms with E-state index in [1.54, 1.807) is 42.9 Å². The maximum Gasteiger partial charge on any atom is 0.419 e. The number of nitrogens with one attached hydrogen (secondary N) is 5. The molecule has 8 aliphatic heterocycles. The number of hydrogen-bond donors (Lipinski definition) is 5. The first-order valence-electron chi connectivity index (χ1n) is 50.4. The van der Waals surface area contributed by atoms with Crippen LogP contribution in [0.25, 0.3) is 22.2 Å². The molecule has 25 heteroatoms. The van der Waals surface area contributed by atoms with Crippen LogP contribution in [0, 0.1) is 0 Å². The van der Waals surface area contributed by atoms with Gasteiger partial charge in [0.1, 0.15) is 29.6 Å². The SMILES string of the molecule is C=C1Nc2c(cccc2C(C)(C)C)O1.C=C1Nc2cc(C(C)(C)C)ccc2O1.C=C1Nc2ccc(C(C)(C)C)cc2O1.C=C1Oc2cccc(C(C)(C)C)c2N1C.CC(C)(C)c1cccc2[nH]c(=O)oc12.CC(C)(C)c1cccc2c1OCCN2.CN1C(=O)COc2c1cccc2C(C)(C)C.CN1C(=O)COc2cc(C(C)(C)C)ccc21.CN1C(=O)COc2ccc(C(C)(C)C)cc21.Cn1c(=O)oc2c(C(C)(C)C)cccc21. The Morgan fingerprint density at radius 3 is 1.30 bits per heavy atom. The highest BCUT2D eigenvalue weighted by molar-refractivity contribution is 5.99. The van der Waals surface area contributed by atoms with Crippen molar-refractivity contribution in [1.82, 2.24) is 9.55 Å². The van der Waals surface area contributed by atoms with Gasteiger partial charge in [-0.05, 0) is 199 Å². The molecule has 0 fully saturated rings. The van der Waals surface area contributed by atoms with Gasteiger partial charge >= 0.3 is 11.5 Å². The van der Waals surface area contributed by atoms with Gasteiger partial charge in [-0.3, -0.25) is 23.9 Å². The number of likely N-dealkylation sites (N-methyl/N-ethyl adjacent to an activating group) is 3. The summed E-state index contributed by atoms with van der Waals surface area (Å²) >= 11 is 0. The highest BCUT2D eigenvalue weighted by Crippen LogP contribution is 2.49. The number of anilines is 8. The number of rotatable bonds is 0. The average Bonchev–Trinajstić information content (AvgIpc) is 1.68. The van der Waals surface area contributed by atoms with E-state index in [2.05, 4.69) is 333 Å². The van der Waals surface area contributed by atoms with Crippen molar-refractivity contribution in [2.24, 2.45) is 7.05 Å². The van der Waals surface area contributed by atoms with Crippen molar-refractivity contribution in [2.75, 3.05) is 102 Å². The highest BCUT2D eigenvalue weighted by atomic mass is 16.5. The van der Waals surface area contributed by atoms with Crippen LogP contribution in [0.1, 0.15) is 263 Å². The first kappa shape index (κ1) is 114. The Kier molecular flexibility index (Phi) is 34.1. The summed E-state index contributed by atoms with van der Waals surface area (Å²) in [4.78, 5) is 66.6. The van der Waals surface area contributed by atoms with E-state index in [1.807, 2.05) is 121 Å². The van der Waals surface area contributed by atoms with E-state index in [-0.39, 0.29) is 97.4 Å². The predicted molar refractivity (Wildman–Crippen MR) is 606 cm³/mol. The molecular weight excluding hydrogens is 1860 g/mol. The van der Waals surface area contributed by atoms with E-state index in [9.17, 15) is 24.0 Å². The molecule has 0 atom stereocenters. The lowest BCUT2D eigenvalue weighted by Gasteiger charge is -2.31. The monoisotopic (exact) mass is 2020 g/mol. The molecule has 0 spiro atoms. The van der Waals surface area contributed by atoms with Gasteiger partial charge < -0.3 is 87.6 Å². The fourth-order valence-corrected chi connectivity index (χ4v) is 17.0. The lowest BCUT2D eigenvalue weighted by atomic mass is 9.85. The van der Waals surface area contributed by atoms with Crippen LogP contribution in [0.15, 0.2) is 250 Å². The number of amides is 3. The van der Waals surface area contributed by atoms with Crippen molar-refractivity contribution >= 4 is 85.4 Å². The summed E-state index contributed by atoms with van der Waals surface area (Å²) in [5.41, 5.74) is 23.9. The van der Waals surface area contributed by atoms with Crippen LogP contribution in [-0.4, -0.2) is 88.4 Å². The Morgan fingerprint density at radius 1 is 0.304 bits per heavy atom. The standard InChI is InChI=1S/3C13H17NO2.C13H17NO.C12H15NO2.3C12H15NO.C12H17NO.C11H13NO2/c1-13(2,3)9-5-6-11-10(7-9)14(4)12(15)8-16-11;1-13(2,3)9-5-6-10-11(7-9)16-8-12(15)14(10)4;1-13(2,3)9-6-5-7-10-12(9)16-8-11(15)14(10)4;1-9-14(5)12-10(13(2,3)4)7-6-8-11(12)15-9;1-12(2,3)8-6-5-7-9-10(8)15-11(14)13(9)4;1-8-13-10-7-9(12(2,3)4)5-6-11(10)14-8;1-8-13-10-6-5-9(12(2,3)4)7-11(10)14-8;1-8-13-11-9(12(2,3)4)6-5-7-10(11)14-8;1-12(2,3)9-5-4-6-10-11(9)14-8-7-13-10;1-11(2,3)7-5-4-6-8-9(7)14-10(13)12-8/h3*5-7H,8H2,1-4H3;6-8H,1H2,2-5H3;5-7H,1-4H3;3*5-7,13H,1H2,2-4H3;4-6,13H,7-8H2,1-3H3;4-6H,1-3H3,(H,12,13). The number of hydrogen-bond acceptors (Lipinski definition) is 20.